The summed E-state index contributed by atoms with van der Waals surface area (Å²) < 4.78 is 42.7. The van der Waals surface area contributed by atoms with Gasteiger partial charge in [-0.3, -0.25) is 0 Å². The Hall–Kier alpha value is -3.52. The second-order valence-corrected chi connectivity index (χ2v) is 9.75. The van der Waals surface area contributed by atoms with Crippen LogP contribution >= 0.6 is 0 Å². The van der Waals surface area contributed by atoms with E-state index in [0.717, 1.165) is 24.4 Å². The van der Waals surface area contributed by atoms with Gasteiger partial charge < -0.3 is 4.74 Å². The summed E-state index contributed by atoms with van der Waals surface area (Å²) in [7, 11) is -0.805. The molecule has 0 amide bonds. The highest BCUT2D eigenvalue weighted by atomic mass is 35.7. The Morgan fingerprint density at radius 1 is 0.722 bits per heavy atom. The Labute approximate surface area is 211 Å². The van der Waals surface area contributed by atoms with E-state index in [1.807, 2.05) is 0 Å². The quantitative estimate of drug-likeness (QED) is 0.540. The van der Waals surface area contributed by atoms with E-state index in [4.69, 9.17) is 23.4 Å². The lowest BCUT2D eigenvalue weighted by molar-refractivity contribution is -2.00. The van der Waals surface area contributed by atoms with Crippen molar-refractivity contribution in [2.75, 3.05) is 14.1 Å². The third kappa shape index (κ3) is 4.91. The van der Waals surface area contributed by atoms with Gasteiger partial charge in [-0.05, 0) is 34.4 Å². The molecule has 0 saturated heterocycles. The van der Waals surface area contributed by atoms with Gasteiger partial charge in [0.25, 0.3) is 0 Å². The SMILES string of the molecule is C[N+](C)=C1C=CC(=CC=C2C3=C(OC4=C2Cc2ccccc24)c2ccccc2C3)C=C1.[O-][Cl+3]([O-])([O-])[O-]. The number of hydrogen-bond donors (Lipinski definition) is 0. The van der Waals surface area contributed by atoms with Gasteiger partial charge in [-0.2, -0.15) is 0 Å². The van der Waals surface area contributed by atoms with Crippen molar-refractivity contribution in [2.45, 2.75) is 12.8 Å². The van der Waals surface area contributed by atoms with E-state index in [9.17, 15) is 0 Å². The highest BCUT2D eigenvalue weighted by Crippen LogP contribution is 2.50. The molecule has 0 spiro atoms. The van der Waals surface area contributed by atoms with Gasteiger partial charge in [-0.1, -0.05) is 60.7 Å². The molecule has 1 heterocycles. The topological polar surface area (TPSA) is 104 Å². The third-order valence-electron chi connectivity index (χ3n) is 6.51. The van der Waals surface area contributed by atoms with Crippen LogP contribution in [0.3, 0.4) is 0 Å². The molecule has 6 nitrogen and oxygen atoms in total. The first-order valence-corrected chi connectivity index (χ1v) is 12.7. The van der Waals surface area contributed by atoms with Gasteiger partial charge in [0.05, 0.1) is 0 Å². The van der Waals surface area contributed by atoms with Crippen molar-refractivity contribution in [3.8, 4) is 0 Å². The Balaban J connectivity index is 0.000000489. The third-order valence-corrected chi connectivity index (χ3v) is 6.51. The predicted octanol–water partition coefficient (Wildman–Crippen LogP) is 0.887. The maximum Gasteiger partial charge on any atom is 0.199 e. The number of halogens is 1. The van der Waals surface area contributed by atoms with Crippen molar-refractivity contribution >= 4 is 17.2 Å². The molecule has 182 valence electrons. The molecule has 0 saturated carbocycles. The smallest absolute Gasteiger partial charge is 0.199 e. The van der Waals surface area contributed by atoms with Crippen LogP contribution in [0.4, 0.5) is 0 Å². The molecule has 0 fully saturated rings. The van der Waals surface area contributed by atoms with Gasteiger partial charge in [-0.15, -0.1) is 10.2 Å². The molecule has 0 aromatic heterocycles. The van der Waals surface area contributed by atoms with Gasteiger partial charge in [0.2, 0.25) is 0 Å². The summed E-state index contributed by atoms with van der Waals surface area (Å²) in [6.45, 7) is 0. The molecule has 0 radical (unpaired) electrons. The van der Waals surface area contributed by atoms with Crippen LogP contribution in [0.15, 0.2) is 107 Å². The Morgan fingerprint density at radius 2 is 1.19 bits per heavy atom. The maximum absolute atomic E-state index is 8.49. The highest BCUT2D eigenvalue weighted by molar-refractivity contribution is 6.02. The summed E-state index contributed by atoms with van der Waals surface area (Å²) in [5.41, 5.74) is 11.5. The average molecular weight is 502 g/mol. The fourth-order valence-electron chi connectivity index (χ4n) is 4.88. The van der Waals surface area contributed by atoms with Crippen LogP contribution in [0.5, 0.6) is 0 Å². The van der Waals surface area contributed by atoms with Crippen molar-refractivity contribution in [1.82, 2.24) is 0 Å². The standard InChI is InChI=1S/C29H24NO.ClHO4/c1-30(2)22-14-11-19(12-15-22)13-16-25-26-17-20-7-3-5-9-23(20)28(26)31-29-24-10-6-4-8-21(24)18-27(25)29;2-1(3,4)5/h3-16H,17-18H2,1-2H3;(H,2,3,4,5)/q+1;/p-1. The van der Waals surface area contributed by atoms with Gasteiger partial charge in [0, 0.05) is 47.3 Å². The maximum atomic E-state index is 8.49. The zero-order chi connectivity index (χ0) is 25.4. The predicted molar refractivity (Wildman–Crippen MR) is 127 cm³/mol. The van der Waals surface area contributed by atoms with E-state index < -0.39 is 10.2 Å². The summed E-state index contributed by atoms with van der Waals surface area (Å²) >= 11 is 0. The lowest BCUT2D eigenvalue weighted by Gasteiger charge is -2.22. The first kappa shape index (κ1) is 24.2. The minimum Gasteiger partial charge on any atom is -0.455 e. The van der Waals surface area contributed by atoms with E-state index in [0.29, 0.717) is 0 Å². The number of benzene rings is 2. The number of rotatable bonds is 1. The molecule has 36 heavy (non-hydrogen) atoms. The monoisotopic (exact) mass is 501 g/mol. The van der Waals surface area contributed by atoms with Crippen molar-refractivity contribution in [2.24, 2.45) is 0 Å². The van der Waals surface area contributed by atoms with Gasteiger partial charge in [-0.25, -0.2) is 23.2 Å². The van der Waals surface area contributed by atoms with Crippen LogP contribution in [0.25, 0.3) is 11.5 Å². The Bertz CT molecular complexity index is 1360. The molecule has 3 aliphatic carbocycles. The zero-order valence-corrected chi connectivity index (χ0v) is 20.6. The summed E-state index contributed by atoms with van der Waals surface area (Å²) in [5.74, 6) is 2.07. The molecular formula is C29H24ClNO5. The molecule has 0 N–H and O–H groups in total. The van der Waals surface area contributed by atoms with Crippen LogP contribution in [-0.2, 0) is 17.6 Å². The van der Waals surface area contributed by atoms with E-state index in [1.165, 1.54) is 50.3 Å². The lowest BCUT2D eigenvalue weighted by atomic mass is 9.92. The van der Waals surface area contributed by atoms with E-state index in [2.05, 4.69) is 104 Å². The largest absolute Gasteiger partial charge is 0.455 e. The molecule has 2 aromatic rings. The summed E-state index contributed by atoms with van der Waals surface area (Å²) in [6, 6.07) is 17.3. The molecule has 2 aromatic carbocycles. The number of ether oxygens (including phenoxy) is 1. The van der Waals surface area contributed by atoms with Crippen molar-refractivity contribution in [3.63, 3.8) is 0 Å². The first-order valence-electron chi connectivity index (χ1n) is 11.4. The Morgan fingerprint density at radius 3 is 1.67 bits per heavy atom. The van der Waals surface area contributed by atoms with Gasteiger partial charge in [0.1, 0.15) is 25.6 Å². The molecule has 4 aliphatic rings. The highest BCUT2D eigenvalue weighted by Gasteiger charge is 2.36. The minimum absolute atomic E-state index is 0.928. The van der Waals surface area contributed by atoms with Crippen LogP contribution in [0.2, 0.25) is 0 Å². The molecule has 6 rings (SSSR count). The van der Waals surface area contributed by atoms with E-state index in [1.54, 1.807) is 0 Å². The van der Waals surface area contributed by atoms with Crippen LogP contribution in [0, 0.1) is 10.2 Å². The molecular weight excluding hydrogens is 478 g/mol. The van der Waals surface area contributed by atoms with Gasteiger partial charge in [0.15, 0.2) is 5.71 Å². The summed E-state index contributed by atoms with van der Waals surface area (Å²) in [6.07, 6.45) is 15.1. The molecule has 0 bridgehead atoms. The number of nitrogens with zero attached hydrogens (tertiary/aromatic N) is 1. The van der Waals surface area contributed by atoms with Crippen LogP contribution in [0.1, 0.15) is 22.3 Å². The summed E-state index contributed by atoms with van der Waals surface area (Å²) in [5, 5.41) is 0. The second-order valence-electron chi connectivity index (χ2n) is 9.00. The Kier molecular flexibility index (Phi) is 6.38. The van der Waals surface area contributed by atoms with Crippen molar-refractivity contribution in [1.29, 1.82) is 0 Å². The number of fused-ring (bicyclic) bond motifs is 4. The van der Waals surface area contributed by atoms with E-state index in [-0.39, 0.29) is 0 Å². The fourth-order valence-corrected chi connectivity index (χ4v) is 4.88. The van der Waals surface area contributed by atoms with Gasteiger partial charge >= 0.3 is 0 Å². The number of hydrogen-bond acceptors (Lipinski definition) is 5. The van der Waals surface area contributed by atoms with Crippen LogP contribution < -0.4 is 18.6 Å². The van der Waals surface area contributed by atoms with E-state index >= 15 is 0 Å². The fraction of sp³-hybridized carbons (Fsp3) is 0.138. The van der Waals surface area contributed by atoms with Crippen molar-refractivity contribution in [3.05, 3.63) is 130 Å². The van der Waals surface area contributed by atoms with Crippen LogP contribution in [-0.4, -0.2) is 24.4 Å². The minimum atomic E-state index is -4.94. The van der Waals surface area contributed by atoms with Crippen molar-refractivity contribution < 1.29 is 38.2 Å². The molecule has 7 heteroatoms. The molecule has 0 unspecified atom stereocenters. The molecule has 1 aliphatic heterocycles. The zero-order valence-electron chi connectivity index (χ0n) is 19.9. The molecule has 0 atom stereocenters. The normalized spacial score (nSPS) is 17.1. The lowest BCUT2D eigenvalue weighted by Crippen LogP contribution is -2.68. The summed E-state index contributed by atoms with van der Waals surface area (Å²) in [4.78, 5) is 0. The number of allylic oxidation sites excluding steroid dienone is 10. The first-order chi connectivity index (χ1) is 17.2. The second kappa shape index (κ2) is 9.50. The average Bonchev–Trinajstić information content (AvgIpc) is 3.39.